The standard InChI is InChI=1S/C14H11ClFN3OS/c1-20-9-3-2-8(11(16)6-9)7-17-13-10(15)4-5-12-14(13)19-21-18-12/h2-6,17H,7H2,1H3. The van der Waals surface area contributed by atoms with Crippen molar-refractivity contribution in [1.82, 2.24) is 8.75 Å². The summed E-state index contributed by atoms with van der Waals surface area (Å²) in [5.74, 6) is 0.154. The van der Waals surface area contributed by atoms with Crippen molar-refractivity contribution in [2.75, 3.05) is 12.4 Å². The molecule has 0 aliphatic rings. The van der Waals surface area contributed by atoms with Gasteiger partial charge in [0, 0.05) is 18.2 Å². The number of ether oxygens (including phenoxy) is 1. The van der Waals surface area contributed by atoms with Crippen LogP contribution in [-0.2, 0) is 6.54 Å². The molecule has 0 amide bonds. The summed E-state index contributed by atoms with van der Waals surface area (Å²) in [6.07, 6.45) is 0. The molecule has 0 saturated carbocycles. The Kier molecular flexibility index (Phi) is 3.90. The highest BCUT2D eigenvalue weighted by Gasteiger charge is 2.11. The van der Waals surface area contributed by atoms with E-state index in [1.807, 2.05) is 0 Å². The molecule has 0 fully saturated rings. The minimum absolute atomic E-state index is 0.298. The smallest absolute Gasteiger partial charge is 0.131 e. The maximum Gasteiger partial charge on any atom is 0.131 e. The fourth-order valence-corrected chi connectivity index (χ4v) is 2.74. The summed E-state index contributed by atoms with van der Waals surface area (Å²) in [4.78, 5) is 0. The number of nitrogens with one attached hydrogen (secondary N) is 1. The maximum absolute atomic E-state index is 13.9. The van der Waals surface area contributed by atoms with Crippen molar-refractivity contribution in [2.45, 2.75) is 6.54 Å². The highest BCUT2D eigenvalue weighted by atomic mass is 35.5. The number of fused-ring (bicyclic) bond motifs is 1. The third-order valence-corrected chi connectivity index (χ3v) is 3.95. The fourth-order valence-electron chi connectivity index (χ4n) is 1.98. The Balaban J connectivity index is 1.86. The lowest BCUT2D eigenvalue weighted by Gasteiger charge is -2.10. The minimum atomic E-state index is -0.332. The zero-order chi connectivity index (χ0) is 14.8. The number of hydrogen-bond acceptors (Lipinski definition) is 5. The first-order valence-electron chi connectivity index (χ1n) is 6.16. The quantitative estimate of drug-likeness (QED) is 0.785. The SMILES string of the molecule is COc1ccc(CNc2c(Cl)ccc3nsnc23)c(F)c1. The topological polar surface area (TPSA) is 47.0 Å². The Morgan fingerprint density at radius 1 is 1.29 bits per heavy atom. The number of halogens is 2. The van der Waals surface area contributed by atoms with Gasteiger partial charge in [0.1, 0.15) is 22.6 Å². The number of hydrogen-bond donors (Lipinski definition) is 1. The second-order valence-corrected chi connectivity index (χ2v) is 5.30. The van der Waals surface area contributed by atoms with E-state index in [-0.39, 0.29) is 5.82 Å². The first-order chi connectivity index (χ1) is 10.2. The molecule has 7 heteroatoms. The number of methoxy groups -OCH3 is 1. The van der Waals surface area contributed by atoms with Crippen LogP contribution in [0.3, 0.4) is 0 Å². The van der Waals surface area contributed by atoms with Crippen LogP contribution in [0.25, 0.3) is 11.0 Å². The molecule has 3 rings (SSSR count). The van der Waals surface area contributed by atoms with E-state index in [2.05, 4.69) is 14.1 Å². The third kappa shape index (κ3) is 2.77. The normalized spacial score (nSPS) is 10.8. The molecule has 0 spiro atoms. The molecule has 0 bridgehead atoms. The highest BCUT2D eigenvalue weighted by Crippen LogP contribution is 2.30. The lowest BCUT2D eigenvalue weighted by atomic mass is 10.2. The van der Waals surface area contributed by atoms with Gasteiger partial charge in [-0.25, -0.2) is 4.39 Å². The van der Waals surface area contributed by atoms with Crippen molar-refractivity contribution < 1.29 is 9.13 Å². The molecule has 1 heterocycles. The molecule has 2 aromatic carbocycles. The van der Waals surface area contributed by atoms with E-state index in [1.54, 1.807) is 24.3 Å². The summed E-state index contributed by atoms with van der Waals surface area (Å²) in [5, 5.41) is 3.66. The van der Waals surface area contributed by atoms with Crippen LogP contribution in [0.2, 0.25) is 5.02 Å². The summed E-state index contributed by atoms with van der Waals surface area (Å²) in [6, 6.07) is 8.29. The van der Waals surface area contributed by atoms with Gasteiger partial charge in [-0.3, -0.25) is 0 Å². The number of nitrogens with zero attached hydrogens (tertiary/aromatic N) is 2. The van der Waals surface area contributed by atoms with Gasteiger partial charge in [-0.15, -0.1) is 0 Å². The number of aromatic nitrogens is 2. The lowest BCUT2D eigenvalue weighted by molar-refractivity contribution is 0.411. The molecule has 0 radical (unpaired) electrons. The summed E-state index contributed by atoms with van der Waals surface area (Å²) in [5.41, 5.74) is 2.65. The van der Waals surface area contributed by atoms with Crippen molar-refractivity contribution in [1.29, 1.82) is 0 Å². The Labute approximate surface area is 129 Å². The molecule has 0 unspecified atom stereocenters. The van der Waals surface area contributed by atoms with E-state index in [4.69, 9.17) is 16.3 Å². The molecule has 1 aromatic heterocycles. The molecule has 0 saturated heterocycles. The van der Waals surface area contributed by atoms with Crippen molar-refractivity contribution >= 4 is 40.0 Å². The van der Waals surface area contributed by atoms with Gasteiger partial charge in [0.25, 0.3) is 0 Å². The van der Waals surface area contributed by atoms with Crippen LogP contribution >= 0.6 is 23.3 Å². The molecular formula is C14H11ClFN3OS. The van der Waals surface area contributed by atoms with Crippen LogP contribution in [0, 0.1) is 5.82 Å². The summed E-state index contributed by atoms with van der Waals surface area (Å²) < 4.78 is 27.3. The predicted octanol–water partition coefficient (Wildman–Crippen LogP) is 4.10. The van der Waals surface area contributed by atoms with Gasteiger partial charge in [-0.05, 0) is 18.2 Å². The highest BCUT2D eigenvalue weighted by molar-refractivity contribution is 7.00. The van der Waals surface area contributed by atoms with Crippen molar-refractivity contribution in [2.24, 2.45) is 0 Å². The van der Waals surface area contributed by atoms with E-state index in [9.17, 15) is 4.39 Å². The Morgan fingerprint density at radius 2 is 2.14 bits per heavy atom. The van der Waals surface area contributed by atoms with Crippen LogP contribution < -0.4 is 10.1 Å². The van der Waals surface area contributed by atoms with Gasteiger partial charge in [-0.1, -0.05) is 17.7 Å². The van der Waals surface area contributed by atoms with Gasteiger partial charge in [0.2, 0.25) is 0 Å². The minimum Gasteiger partial charge on any atom is -0.497 e. The molecule has 4 nitrogen and oxygen atoms in total. The third-order valence-electron chi connectivity index (χ3n) is 3.09. The molecule has 1 N–H and O–H groups in total. The van der Waals surface area contributed by atoms with Crippen molar-refractivity contribution in [3.8, 4) is 5.75 Å². The predicted molar refractivity (Wildman–Crippen MR) is 82.7 cm³/mol. The number of rotatable bonds is 4. The number of anilines is 1. The first-order valence-corrected chi connectivity index (χ1v) is 7.27. The Bertz CT molecular complexity index is 793. The van der Waals surface area contributed by atoms with Crippen LogP contribution in [0.15, 0.2) is 30.3 Å². The Hall–Kier alpha value is -1.92. The van der Waals surface area contributed by atoms with Gasteiger partial charge >= 0.3 is 0 Å². The zero-order valence-corrected chi connectivity index (χ0v) is 12.6. The van der Waals surface area contributed by atoms with E-state index in [0.717, 1.165) is 17.2 Å². The van der Waals surface area contributed by atoms with E-state index < -0.39 is 0 Å². The molecule has 3 aromatic rings. The fraction of sp³-hybridized carbons (Fsp3) is 0.143. The summed E-state index contributed by atoms with van der Waals surface area (Å²) >= 11 is 7.29. The average molecular weight is 324 g/mol. The van der Waals surface area contributed by atoms with E-state index in [1.165, 1.54) is 13.2 Å². The molecule has 0 aliphatic heterocycles. The van der Waals surface area contributed by atoms with Crippen LogP contribution in [0.1, 0.15) is 5.56 Å². The molecule has 21 heavy (non-hydrogen) atoms. The average Bonchev–Trinajstić information content (AvgIpc) is 2.96. The maximum atomic E-state index is 13.9. The van der Waals surface area contributed by atoms with Crippen LogP contribution in [-0.4, -0.2) is 15.9 Å². The van der Waals surface area contributed by atoms with Gasteiger partial charge in [0.05, 0.1) is 29.5 Å². The van der Waals surface area contributed by atoms with Gasteiger partial charge < -0.3 is 10.1 Å². The summed E-state index contributed by atoms with van der Waals surface area (Å²) in [6.45, 7) is 0.298. The second-order valence-electron chi connectivity index (χ2n) is 4.37. The number of benzene rings is 2. The largest absolute Gasteiger partial charge is 0.497 e. The zero-order valence-electron chi connectivity index (χ0n) is 11.1. The first kappa shape index (κ1) is 14.0. The molecule has 0 aliphatic carbocycles. The van der Waals surface area contributed by atoms with Crippen molar-refractivity contribution in [3.05, 3.63) is 46.7 Å². The molecular weight excluding hydrogens is 313 g/mol. The van der Waals surface area contributed by atoms with Gasteiger partial charge in [0.15, 0.2) is 0 Å². The van der Waals surface area contributed by atoms with Crippen molar-refractivity contribution in [3.63, 3.8) is 0 Å². The molecule has 0 atom stereocenters. The molecule has 108 valence electrons. The van der Waals surface area contributed by atoms with Gasteiger partial charge in [-0.2, -0.15) is 8.75 Å². The van der Waals surface area contributed by atoms with Crippen LogP contribution in [0.5, 0.6) is 5.75 Å². The van der Waals surface area contributed by atoms with Crippen LogP contribution in [0.4, 0.5) is 10.1 Å². The second kappa shape index (κ2) is 5.83. The Morgan fingerprint density at radius 3 is 2.90 bits per heavy atom. The van der Waals surface area contributed by atoms with E-state index >= 15 is 0 Å². The lowest BCUT2D eigenvalue weighted by Crippen LogP contribution is -2.03. The monoisotopic (exact) mass is 323 g/mol. The summed E-state index contributed by atoms with van der Waals surface area (Å²) in [7, 11) is 1.50. The van der Waals surface area contributed by atoms with E-state index in [0.29, 0.717) is 34.1 Å².